The lowest BCUT2D eigenvalue weighted by Gasteiger charge is -2.04. The predicted octanol–water partition coefficient (Wildman–Crippen LogP) is -1.37. The highest BCUT2D eigenvalue weighted by Gasteiger charge is 2.09. The number of nitrogens with one attached hydrogen (secondary N) is 3. The number of rotatable bonds is 5. The number of hydrogen-bond acceptors (Lipinski definition) is 6. The highest BCUT2D eigenvalue weighted by atomic mass is 16.2. The van der Waals surface area contributed by atoms with Crippen LogP contribution in [0.25, 0.3) is 0 Å². The lowest BCUT2D eigenvalue weighted by Crippen LogP contribution is -2.37. The van der Waals surface area contributed by atoms with E-state index >= 15 is 0 Å². The predicted molar refractivity (Wildman–Crippen MR) is 60.9 cm³/mol. The Kier molecular flexibility index (Phi) is 4.82. The Morgan fingerprint density at radius 1 is 1.29 bits per heavy atom. The first kappa shape index (κ1) is 12.8. The zero-order chi connectivity index (χ0) is 12.7. The van der Waals surface area contributed by atoms with Gasteiger partial charge in [0.15, 0.2) is 11.5 Å². The normalized spacial score (nSPS) is 9.53. The average molecular weight is 238 g/mol. The molecule has 0 aliphatic rings. The Balaban J connectivity index is 2.49. The summed E-state index contributed by atoms with van der Waals surface area (Å²) in [5.41, 5.74) is 2.41. The van der Waals surface area contributed by atoms with Gasteiger partial charge in [-0.25, -0.2) is 5.84 Å². The van der Waals surface area contributed by atoms with Crippen LogP contribution in [0.15, 0.2) is 12.1 Å². The Morgan fingerprint density at radius 2 is 2.06 bits per heavy atom. The van der Waals surface area contributed by atoms with Crippen LogP contribution in [0.1, 0.15) is 17.4 Å². The van der Waals surface area contributed by atoms with Crippen molar-refractivity contribution in [1.82, 2.24) is 20.8 Å². The Labute approximate surface area is 97.9 Å². The number of anilines is 1. The minimum absolute atomic E-state index is 0.0920. The van der Waals surface area contributed by atoms with Gasteiger partial charge in [0.05, 0.1) is 6.54 Å². The maximum atomic E-state index is 11.5. The van der Waals surface area contributed by atoms with E-state index in [0.29, 0.717) is 12.4 Å². The van der Waals surface area contributed by atoms with Crippen LogP contribution >= 0.6 is 0 Å². The molecule has 0 aliphatic heterocycles. The van der Waals surface area contributed by atoms with Gasteiger partial charge in [-0.15, -0.1) is 10.2 Å². The number of hydrogen-bond donors (Lipinski definition) is 4. The number of nitrogens with two attached hydrogens (primary N) is 1. The van der Waals surface area contributed by atoms with Crippen molar-refractivity contribution in [3.63, 3.8) is 0 Å². The van der Waals surface area contributed by atoms with E-state index in [9.17, 15) is 9.59 Å². The van der Waals surface area contributed by atoms with Crippen LogP contribution in [-0.2, 0) is 4.79 Å². The van der Waals surface area contributed by atoms with Gasteiger partial charge in [0.25, 0.3) is 5.91 Å². The molecule has 2 amide bonds. The van der Waals surface area contributed by atoms with Gasteiger partial charge in [-0.05, 0) is 19.1 Å². The molecule has 0 aromatic carbocycles. The molecule has 8 nitrogen and oxygen atoms in total. The summed E-state index contributed by atoms with van der Waals surface area (Å²) in [5.74, 6) is 4.73. The third kappa shape index (κ3) is 4.03. The van der Waals surface area contributed by atoms with E-state index < -0.39 is 5.91 Å². The van der Waals surface area contributed by atoms with E-state index in [2.05, 4.69) is 26.3 Å². The molecule has 0 radical (unpaired) electrons. The summed E-state index contributed by atoms with van der Waals surface area (Å²) in [6, 6.07) is 2.96. The van der Waals surface area contributed by atoms with E-state index in [0.717, 1.165) is 0 Å². The molecule has 0 aliphatic carbocycles. The molecule has 1 rings (SSSR count). The lowest BCUT2D eigenvalue weighted by molar-refractivity contribution is -0.120. The second-order valence-electron chi connectivity index (χ2n) is 3.08. The topological polar surface area (TPSA) is 122 Å². The number of carbonyl (C=O) groups is 2. The quantitative estimate of drug-likeness (QED) is 0.371. The molecule has 0 atom stereocenters. The number of nitrogen functional groups attached to an aromatic ring is 1. The second-order valence-corrected chi connectivity index (χ2v) is 3.08. The first-order valence-electron chi connectivity index (χ1n) is 5.02. The van der Waals surface area contributed by atoms with Gasteiger partial charge in [0, 0.05) is 6.54 Å². The molecule has 8 heteroatoms. The molecule has 0 bridgehead atoms. The molecule has 1 aromatic heterocycles. The third-order valence-electron chi connectivity index (χ3n) is 1.83. The van der Waals surface area contributed by atoms with E-state index in [-0.39, 0.29) is 18.1 Å². The van der Waals surface area contributed by atoms with Gasteiger partial charge >= 0.3 is 0 Å². The molecule has 0 saturated heterocycles. The summed E-state index contributed by atoms with van der Waals surface area (Å²) in [5, 5.41) is 12.2. The molecular formula is C9H14N6O2. The van der Waals surface area contributed by atoms with Crippen molar-refractivity contribution < 1.29 is 9.59 Å². The molecular weight excluding hydrogens is 224 g/mol. The minimum atomic E-state index is -0.465. The molecule has 17 heavy (non-hydrogen) atoms. The van der Waals surface area contributed by atoms with Crippen LogP contribution in [0, 0.1) is 0 Å². The smallest absolute Gasteiger partial charge is 0.272 e. The van der Waals surface area contributed by atoms with Crippen LogP contribution in [0.5, 0.6) is 0 Å². The molecule has 0 unspecified atom stereocenters. The molecule has 0 saturated carbocycles. The zero-order valence-corrected chi connectivity index (χ0v) is 9.36. The van der Waals surface area contributed by atoms with Crippen LogP contribution < -0.4 is 21.9 Å². The number of carbonyl (C=O) groups excluding carboxylic acids is 2. The fourth-order valence-electron chi connectivity index (χ4n) is 1.04. The largest absolute Gasteiger partial charge is 0.355 e. The number of amides is 2. The van der Waals surface area contributed by atoms with E-state index in [1.807, 2.05) is 0 Å². The number of hydrazine groups is 1. The maximum Gasteiger partial charge on any atom is 0.272 e. The van der Waals surface area contributed by atoms with Crippen molar-refractivity contribution in [3.05, 3.63) is 17.8 Å². The molecule has 0 spiro atoms. The summed E-state index contributed by atoms with van der Waals surface area (Å²) in [7, 11) is 0. The fourth-order valence-corrected chi connectivity index (χ4v) is 1.04. The average Bonchev–Trinajstić information content (AvgIpc) is 2.36. The SMILES string of the molecule is CCNC(=O)CNC(=O)c1ccc(NN)nn1. The van der Waals surface area contributed by atoms with Crippen LogP contribution in [-0.4, -0.2) is 35.1 Å². The van der Waals surface area contributed by atoms with Crippen molar-refractivity contribution in [2.75, 3.05) is 18.5 Å². The van der Waals surface area contributed by atoms with Crippen molar-refractivity contribution in [1.29, 1.82) is 0 Å². The summed E-state index contributed by atoms with van der Waals surface area (Å²) in [6.45, 7) is 2.22. The number of likely N-dealkylation sites (N-methyl/N-ethyl adjacent to an activating group) is 1. The maximum absolute atomic E-state index is 11.5. The standard InChI is InChI=1S/C9H14N6O2/c1-2-11-8(16)5-12-9(17)6-3-4-7(13-10)15-14-6/h3-4H,2,5,10H2,1H3,(H,11,16)(H,12,17)(H,13,15). The van der Waals surface area contributed by atoms with Gasteiger partial charge in [-0.2, -0.15) is 0 Å². The second kappa shape index (κ2) is 6.38. The van der Waals surface area contributed by atoms with Crippen LogP contribution in [0.2, 0.25) is 0 Å². The van der Waals surface area contributed by atoms with Crippen molar-refractivity contribution in [3.8, 4) is 0 Å². The minimum Gasteiger partial charge on any atom is -0.355 e. The lowest BCUT2D eigenvalue weighted by atomic mass is 10.3. The Morgan fingerprint density at radius 3 is 2.59 bits per heavy atom. The first-order chi connectivity index (χ1) is 8.17. The Bertz CT molecular complexity index is 391. The third-order valence-corrected chi connectivity index (χ3v) is 1.83. The molecule has 5 N–H and O–H groups in total. The Hall–Kier alpha value is -2.22. The van der Waals surface area contributed by atoms with Gasteiger partial charge in [-0.3, -0.25) is 9.59 Å². The van der Waals surface area contributed by atoms with E-state index in [1.54, 1.807) is 6.92 Å². The monoisotopic (exact) mass is 238 g/mol. The van der Waals surface area contributed by atoms with Crippen molar-refractivity contribution >= 4 is 17.6 Å². The summed E-state index contributed by atoms with van der Waals surface area (Å²) in [4.78, 5) is 22.6. The van der Waals surface area contributed by atoms with Crippen molar-refractivity contribution in [2.45, 2.75) is 6.92 Å². The molecule has 0 fully saturated rings. The summed E-state index contributed by atoms with van der Waals surface area (Å²) < 4.78 is 0. The zero-order valence-electron chi connectivity index (χ0n) is 9.36. The van der Waals surface area contributed by atoms with Gasteiger partial charge in [0.2, 0.25) is 5.91 Å². The number of nitrogens with zero attached hydrogens (tertiary/aromatic N) is 2. The van der Waals surface area contributed by atoms with Crippen LogP contribution in [0.4, 0.5) is 5.82 Å². The van der Waals surface area contributed by atoms with E-state index in [4.69, 9.17) is 5.84 Å². The van der Waals surface area contributed by atoms with Gasteiger partial charge < -0.3 is 16.1 Å². The molecule has 92 valence electrons. The highest BCUT2D eigenvalue weighted by molar-refractivity contribution is 5.94. The van der Waals surface area contributed by atoms with E-state index in [1.165, 1.54) is 12.1 Å². The summed E-state index contributed by atoms with van der Waals surface area (Å²) in [6.07, 6.45) is 0. The first-order valence-corrected chi connectivity index (χ1v) is 5.02. The van der Waals surface area contributed by atoms with Crippen molar-refractivity contribution in [2.24, 2.45) is 5.84 Å². The summed E-state index contributed by atoms with van der Waals surface area (Å²) >= 11 is 0. The molecule has 1 aromatic rings. The van der Waals surface area contributed by atoms with Crippen LogP contribution in [0.3, 0.4) is 0 Å². The van der Waals surface area contributed by atoms with Gasteiger partial charge in [0.1, 0.15) is 0 Å². The number of aromatic nitrogens is 2. The molecule has 1 heterocycles. The van der Waals surface area contributed by atoms with Gasteiger partial charge in [-0.1, -0.05) is 0 Å². The highest BCUT2D eigenvalue weighted by Crippen LogP contribution is 1.99. The fraction of sp³-hybridized carbons (Fsp3) is 0.333.